The van der Waals surface area contributed by atoms with Crippen LogP contribution >= 0.6 is 27.5 Å². The highest BCUT2D eigenvalue weighted by Gasteiger charge is 2.21. The van der Waals surface area contributed by atoms with E-state index in [-0.39, 0.29) is 5.56 Å². The predicted molar refractivity (Wildman–Crippen MR) is 181 cm³/mol. The Labute approximate surface area is 277 Å². The van der Waals surface area contributed by atoms with Crippen LogP contribution in [0.1, 0.15) is 31.8 Å². The lowest BCUT2D eigenvalue weighted by atomic mass is 9.99. The summed E-state index contributed by atoms with van der Waals surface area (Å²) >= 11 is 9.36. The molecule has 0 aromatic heterocycles. The van der Waals surface area contributed by atoms with Gasteiger partial charge in [-0.2, -0.15) is 0 Å². The Balaban J connectivity index is 0.000000297. The van der Waals surface area contributed by atoms with E-state index < -0.39 is 11.9 Å². The number of ether oxygens (including phenoxy) is 3. The number of carboxylic acid groups (broad SMARTS) is 1. The second kappa shape index (κ2) is 15.8. The molecule has 0 aliphatic carbocycles. The van der Waals surface area contributed by atoms with E-state index in [0.717, 1.165) is 53.5 Å². The van der Waals surface area contributed by atoms with Crippen LogP contribution in [0, 0.1) is 6.92 Å². The van der Waals surface area contributed by atoms with Gasteiger partial charge in [0.15, 0.2) is 0 Å². The Bertz CT molecular complexity index is 1640. The number of benzene rings is 4. The molecule has 0 amide bonds. The van der Waals surface area contributed by atoms with Crippen LogP contribution in [0.25, 0.3) is 11.1 Å². The van der Waals surface area contributed by atoms with Crippen LogP contribution in [0.15, 0.2) is 83.3 Å². The molecule has 4 aromatic rings. The molecule has 0 unspecified atom stereocenters. The average molecular weight is 696 g/mol. The third-order valence-electron chi connectivity index (χ3n) is 7.67. The summed E-state index contributed by atoms with van der Waals surface area (Å²) in [5, 5.41) is 9.57. The van der Waals surface area contributed by atoms with Gasteiger partial charge in [0, 0.05) is 59.5 Å². The largest absolute Gasteiger partial charge is 0.496 e. The fraction of sp³-hybridized carbons (Fsp3) is 0.257. The minimum absolute atomic E-state index is 0.184. The van der Waals surface area contributed by atoms with Gasteiger partial charge >= 0.3 is 11.9 Å². The first-order chi connectivity index (χ1) is 21.7. The maximum absolute atomic E-state index is 11.9. The zero-order valence-corrected chi connectivity index (χ0v) is 28.0. The van der Waals surface area contributed by atoms with Crippen molar-refractivity contribution in [1.82, 2.24) is 4.90 Å². The van der Waals surface area contributed by atoms with Gasteiger partial charge in [-0.1, -0.05) is 63.9 Å². The molecule has 1 saturated heterocycles. The molecule has 0 bridgehead atoms. The Morgan fingerprint density at radius 3 is 2.16 bits per heavy atom. The molecule has 5 rings (SSSR count). The maximum Gasteiger partial charge on any atom is 0.341 e. The number of hydrogen-bond acceptors (Lipinski definition) is 7. The Morgan fingerprint density at radius 1 is 0.867 bits per heavy atom. The molecule has 1 fully saturated rings. The fourth-order valence-electron chi connectivity index (χ4n) is 5.23. The third kappa shape index (κ3) is 8.36. The van der Waals surface area contributed by atoms with E-state index in [1.165, 1.54) is 37.0 Å². The summed E-state index contributed by atoms with van der Waals surface area (Å²) in [4.78, 5) is 27.5. The molecule has 1 heterocycles. The van der Waals surface area contributed by atoms with Gasteiger partial charge in [-0.05, 0) is 60.0 Å². The molecule has 4 aromatic carbocycles. The average Bonchev–Trinajstić information content (AvgIpc) is 3.06. The molecule has 236 valence electrons. The first kappa shape index (κ1) is 33.8. The molecule has 0 radical (unpaired) electrons. The van der Waals surface area contributed by atoms with Crippen LogP contribution in [0.4, 0.5) is 5.69 Å². The first-order valence-electron chi connectivity index (χ1n) is 14.3. The van der Waals surface area contributed by atoms with Gasteiger partial charge in [-0.15, -0.1) is 0 Å². The van der Waals surface area contributed by atoms with Crippen LogP contribution < -0.4 is 14.4 Å². The molecule has 0 spiro atoms. The van der Waals surface area contributed by atoms with Crippen molar-refractivity contribution in [2.24, 2.45) is 0 Å². The summed E-state index contributed by atoms with van der Waals surface area (Å²) < 4.78 is 16.1. The number of esters is 1. The molecule has 45 heavy (non-hydrogen) atoms. The number of anilines is 1. The van der Waals surface area contributed by atoms with E-state index in [1.54, 1.807) is 26.2 Å². The maximum atomic E-state index is 11.9. The molecule has 1 aliphatic rings. The summed E-state index contributed by atoms with van der Waals surface area (Å²) in [7, 11) is 4.41. The van der Waals surface area contributed by atoms with Gasteiger partial charge in [0.05, 0.1) is 21.3 Å². The molecular formula is C35H36BrClN2O6. The number of rotatable bonds is 8. The van der Waals surface area contributed by atoms with Crippen LogP contribution in [0.2, 0.25) is 5.02 Å². The van der Waals surface area contributed by atoms with Crippen molar-refractivity contribution >= 4 is 45.2 Å². The topological polar surface area (TPSA) is 88.5 Å². The molecular weight excluding hydrogens is 660 g/mol. The zero-order valence-electron chi connectivity index (χ0n) is 25.7. The lowest BCUT2D eigenvalue weighted by Crippen LogP contribution is -2.46. The summed E-state index contributed by atoms with van der Waals surface area (Å²) in [5.41, 5.74) is 6.21. The SMILES string of the molecule is COC(=O)c1ccc(N2CCN(Cc3ccccc3-c3ccc(Cl)cc3)CC2)cc1OC.COc1c(C(=O)O)ccc(Br)c1C. The number of nitrogens with zero attached hydrogens (tertiary/aromatic N) is 2. The molecule has 0 atom stereocenters. The Hall–Kier alpha value is -4.05. The number of carboxylic acids is 1. The number of methoxy groups -OCH3 is 3. The summed E-state index contributed by atoms with van der Waals surface area (Å²) in [6, 6.07) is 25.4. The lowest BCUT2D eigenvalue weighted by molar-refractivity contribution is 0.0596. The van der Waals surface area contributed by atoms with Crippen LogP contribution in [0.5, 0.6) is 11.5 Å². The normalized spacial score (nSPS) is 13.0. The number of carbonyl (C=O) groups excluding carboxylic acids is 1. The lowest BCUT2D eigenvalue weighted by Gasteiger charge is -2.36. The third-order valence-corrected chi connectivity index (χ3v) is 8.78. The van der Waals surface area contributed by atoms with E-state index in [2.05, 4.69) is 62.1 Å². The smallest absolute Gasteiger partial charge is 0.341 e. The van der Waals surface area contributed by atoms with Crippen molar-refractivity contribution in [2.75, 3.05) is 52.4 Å². The Morgan fingerprint density at radius 2 is 1.53 bits per heavy atom. The summed E-state index contributed by atoms with van der Waals surface area (Å²) in [5.74, 6) is -0.430. The van der Waals surface area contributed by atoms with Crippen molar-refractivity contribution in [3.8, 4) is 22.6 Å². The summed E-state index contributed by atoms with van der Waals surface area (Å²) in [6.07, 6.45) is 0. The van der Waals surface area contributed by atoms with Gasteiger partial charge in [-0.3, -0.25) is 4.90 Å². The van der Waals surface area contributed by atoms with Crippen molar-refractivity contribution in [1.29, 1.82) is 0 Å². The van der Waals surface area contributed by atoms with Crippen molar-refractivity contribution in [3.63, 3.8) is 0 Å². The number of aromatic carboxylic acids is 1. The first-order valence-corrected chi connectivity index (χ1v) is 15.5. The van der Waals surface area contributed by atoms with E-state index in [4.69, 9.17) is 30.9 Å². The van der Waals surface area contributed by atoms with Gasteiger partial charge in [0.2, 0.25) is 0 Å². The van der Waals surface area contributed by atoms with Crippen LogP contribution in [-0.2, 0) is 11.3 Å². The second-order valence-electron chi connectivity index (χ2n) is 10.4. The number of halogens is 2. The molecule has 8 nitrogen and oxygen atoms in total. The van der Waals surface area contributed by atoms with Gasteiger partial charge in [-0.25, -0.2) is 9.59 Å². The molecule has 1 N–H and O–H groups in total. The molecule has 10 heteroatoms. The molecule has 1 aliphatic heterocycles. The minimum Gasteiger partial charge on any atom is -0.496 e. The fourth-order valence-corrected chi connectivity index (χ4v) is 5.67. The zero-order chi connectivity index (χ0) is 32.5. The van der Waals surface area contributed by atoms with Crippen molar-refractivity contribution in [3.05, 3.63) is 111 Å². The number of carbonyl (C=O) groups is 2. The highest BCUT2D eigenvalue weighted by atomic mass is 79.9. The van der Waals surface area contributed by atoms with Gasteiger partial charge in [0.1, 0.15) is 22.6 Å². The van der Waals surface area contributed by atoms with E-state index in [1.807, 2.05) is 24.3 Å². The predicted octanol–water partition coefficient (Wildman–Crippen LogP) is 7.59. The van der Waals surface area contributed by atoms with E-state index >= 15 is 0 Å². The van der Waals surface area contributed by atoms with Crippen molar-refractivity contribution < 1.29 is 28.9 Å². The second-order valence-corrected chi connectivity index (χ2v) is 11.7. The highest BCUT2D eigenvalue weighted by Crippen LogP contribution is 2.31. The Kier molecular flexibility index (Phi) is 11.9. The summed E-state index contributed by atoms with van der Waals surface area (Å²) in [6.45, 7) is 6.42. The van der Waals surface area contributed by atoms with E-state index in [9.17, 15) is 9.59 Å². The van der Waals surface area contributed by atoms with Gasteiger partial charge < -0.3 is 24.2 Å². The molecule has 0 saturated carbocycles. The highest BCUT2D eigenvalue weighted by molar-refractivity contribution is 9.10. The van der Waals surface area contributed by atoms with E-state index in [0.29, 0.717) is 17.1 Å². The number of hydrogen-bond donors (Lipinski definition) is 1. The monoisotopic (exact) mass is 694 g/mol. The van der Waals surface area contributed by atoms with Crippen molar-refractivity contribution in [2.45, 2.75) is 13.5 Å². The minimum atomic E-state index is -0.979. The standard InChI is InChI=1S/C26H27ClN2O3.C9H9BrO3/c1-31-25-17-22(11-12-24(25)26(30)32-2)29-15-13-28(14-16-29)18-20-5-3-4-6-23(20)19-7-9-21(27)10-8-19;1-5-7(10)4-3-6(9(11)12)8(5)13-2/h3-12,17H,13-16,18H2,1-2H3;3-4H,1-2H3,(H,11,12). The van der Waals surface area contributed by atoms with Gasteiger partial charge in [0.25, 0.3) is 0 Å². The van der Waals surface area contributed by atoms with Crippen LogP contribution in [-0.4, -0.2) is 69.5 Å². The quantitative estimate of drug-likeness (QED) is 0.189. The van der Waals surface area contributed by atoms with Crippen LogP contribution in [0.3, 0.4) is 0 Å². The number of piperazine rings is 1.